The molecule has 152 valence electrons. The van der Waals surface area contributed by atoms with Crippen LogP contribution < -0.4 is 10.2 Å². The molecule has 2 N–H and O–H groups in total. The Bertz CT molecular complexity index is 956. The third-order valence-electron chi connectivity index (χ3n) is 5.07. The fraction of sp³-hybridized carbons (Fsp3) is 0.333. The molecule has 4 nitrogen and oxygen atoms in total. The number of carbonyl (C=O) groups excluding carboxylic acids is 1. The summed E-state index contributed by atoms with van der Waals surface area (Å²) in [6.45, 7) is 9.56. The number of nitrogens with zero attached hydrogens (tertiary/aromatic N) is 1. The number of nitrogens with one attached hydrogen (secondary N) is 2. The number of quaternary nitrogens is 1. The highest BCUT2D eigenvalue weighted by molar-refractivity contribution is 7.13. The molecule has 2 aromatic carbocycles. The van der Waals surface area contributed by atoms with Crippen LogP contribution in [0.4, 0.5) is 5.69 Å². The maximum Gasteiger partial charge on any atom is 0.279 e. The maximum atomic E-state index is 12.5. The van der Waals surface area contributed by atoms with Gasteiger partial charge in [0.1, 0.15) is 17.2 Å². The van der Waals surface area contributed by atoms with Crippen molar-refractivity contribution in [1.29, 1.82) is 0 Å². The molecule has 1 amide bonds. The van der Waals surface area contributed by atoms with E-state index >= 15 is 0 Å². The topological polar surface area (TPSA) is 46.4 Å². The summed E-state index contributed by atoms with van der Waals surface area (Å²) in [5.41, 5.74) is 6.61. The van der Waals surface area contributed by atoms with Gasteiger partial charge in [-0.3, -0.25) is 4.79 Å². The minimum Gasteiger partial charge on any atom is -0.325 e. The first kappa shape index (κ1) is 21.2. The third kappa shape index (κ3) is 5.52. The number of hydrogen-bond acceptors (Lipinski definition) is 3. The maximum absolute atomic E-state index is 12.5. The molecule has 1 unspecified atom stereocenters. The van der Waals surface area contributed by atoms with Crippen LogP contribution >= 0.6 is 11.3 Å². The molecule has 1 heterocycles. The predicted octanol–water partition coefficient (Wildman–Crippen LogP) is 4.20. The van der Waals surface area contributed by atoms with Crippen molar-refractivity contribution in [2.24, 2.45) is 0 Å². The number of aryl methyl sites for hydroxylation is 2. The smallest absolute Gasteiger partial charge is 0.279 e. The van der Waals surface area contributed by atoms with Gasteiger partial charge in [-0.25, -0.2) is 4.98 Å². The van der Waals surface area contributed by atoms with Crippen LogP contribution in [-0.2, 0) is 11.3 Å². The summed E-state index contributed by atoms with van der Waals surface area (Å²) in [6.07, 6.45) is 0. The monoisotopic (exact) mass is 408 g/mol. The number of carbonyl (C=O) groups is 1. The molecule has 0 saturated carbocycles. The van der Waals surface area contributed by atoms with E-state index in [1.165, 1.54) is 5.56 Å². The van der Waals surface area contributed by atoms with E-state index in [0.717, 1.165) is 44.5 Å². The molecule has 1 aromatic heterocycles. The number of hydrogen-bond donors (Lipinski definition) is 2. The summed E-state index contributed by atoms with van der Waals surface area (Å²) >= 11 is 1.66. The Hall–Kier alpha value is -2.50. The number of benzene rings is 2. The van der Waals surface area contributed by atoms with Gasteiger partial charge >= 0.3 is 0 Å². The van der Waals surface area contributed by atoms with Crippen LogP contribution in [0.15, 0.2) is 47.8 Å². The fourth-order valence-electron chi connectivity index (χ4n) is 3.37. The molecule has 0 bridgehead atoms. The SMILES string of the molecule is Cc1cccc(C)c1NC(=O)C[NH+](C)Cc1csc(-c2ccc(C(C)C)cc2)n1. The normalized spacial score (nSPS) is 12.2. The van der Waals surface area contributed by atoms with E-state index in [1.54, 1.807) is 11.3 Å². The number of thiazole rings is 1. The highest BCUT2D eigenvalue weighted by Crippen LogP contribution is 2.25. The van der Waals surface area contributed by atoms with E-state index in [0.29, 0.717) is 12.5 Å². The quantitative estimate of drug-likeness (QED) is 0.615. The molecule has 0 radical (unpaired) electrons. The van der Waals surface area contributed by atoms with Crippen LogP contribution in [0.2, 0.25) is 0 Å². The second-order valence-electron chi connectivity index (χ2n) is 8.05. The van der Waals surface area contributed by atoms with Crippen molar-refractivity contribution in [3.63, 3.8) is 0 Å². The Morgan fingerprint density at radius 1 is 1.10 bits per heavy atom. The third-order valence-corrected chi connectivity index (χ3v) is 6.01. The zero-order valence-corrected chi connectivity index (χ0v) is 18.7. The Morgan fingerprint density at radius 2 is 1.76 bits per heavy atom. The first-order valence-electron chi connectivity index (χ1n) is 10.1. The lowest BCUT2D eigenvalue weighted by molar-refractivity contribution is -0.885. The van der Waals surface area contributed by atoms with Crippen LogP contribution in [0.1, 0.15) is 42.1 Å². The zero-order valence-electron chi connectivity index (χ0n) is 17.9. The minimum atomic E-state index is 0.0274. The number of aromatic nitrogens is 1. The zero-order chi connectivity index (χ0) is 21.0. The molecule has 5 heteroatoms. The Morgan fingerprint density at radius 3 is 2.38 bits per heavy atom. The van der Waals surface area contributed by atoms with Gasteiger partial charge in [0.2, 0.25) is 0 Å². The molecule has 0 saturated heterocycles. The second-order valence-corrected chi connectivity index (χ2v) is 8.90. The van der Waals surface area contributed by atoms with Gasteiger partial charge in [-0.15, -0.1) is 11.3 Å². The Kier molecular flexibility index (Phi) is 6.83. The second kappa shape index (κ2) is 9.33. The largest absolute Gasteiger partial charge is 0.325 e. The summed E-state index contributed by atoms with van der Waals surface area (Å²) in [6, 6.07) is 14.7. The molecule has 0 aliphatic heterocycles. The summed E-state index contributed by atoms with van der Waals surface area (Å²) in [7, 11) is 2.03. The van der Waals surface area contributed by atoms with Crippen molar-refractivity contribution in [2.75, 3.05) is 18.9 Å². The van der Waals surface area contributed by atoms with E-state index < -0.39 is 0 Å². The average Bonchev–Trinajstić information content (AvgIpc) is 3.13. The first-order valence-corrected chi connectivity index (χ1v) is 10.9. The van der Waals surface area contributed by atoms with E-state index in [-0.39, 0.29) is 5.91 Å². The van der Waals surface area contributed by atoms with Crippen molar-refractivity contribution in [3.8, 4) is 10.6 Å². The van der Waals surface area contributed by atoms with Gasteiger partial charge in [-0.1, -0.05) is 56.3 Å². The van der Waals surface area contributed by atoms with Gasteiger partial charge in [0, 0.05) is 16.6 Å². The summed E-state index contributed by atoms with van der Waals surface area (Å²) < 4.78 is 0. The first-order chi connectivity index (χ1) is 13.8. The highest BCUT2D eigenvalue weighted by atomic mass is 32.1. The standard InChI is InChI=1S/C24H29N3OS/c1-16(2)19-9-11-20(12-10-19)24-25-21(15-29-24)13-27(5)14-22(28)26-23-17(3)7-6-8-18(23)4/h6-12,15-16H,13-14H2,1-5H3,(H,26,28)/p+1. The van der Waals surface area contributed by atoms with Crippen molar-refractivity contribution in [3.05, 3.63) is 70.2 Å². The number of amides is 1. The van der Waals surface area contributed by atoms with Gasteiger partial charge in [0.25, 0.3) is 5.91 Å². The highest BCUT2D eigenvalue weighted by Gasteiger charge is 2.15. The number of likely N-dealkylation sites (N-methyl/N-ethyl adjacent to an activating group) is 1. The van der Waals surface area contributed by atoms with E-state index in [1.807, 2.05) is 39.1 Å². The molecule has 0 aliphatic carbocycles. The Balaban J connectivity index is 1.58. The summed E-state index contributed by atoms with van der Waals surface area (Å²) in [5, 5.41) is 6.19. The fourth-order valence-corrected chi connectivity index (χ4v) is 4.20. The minimum absolute atomic E-state index is 0.0274. The van der Waals surface area contributed by atoms with Crippen LogP contribution in [0.5, 0.6) is 0 Å². The molecular weight excluding hydrogens is 378 g/mol. The molecular formula is C24H30N3OS+. The lowest BCUT2D eigenvalue weighted by atomic mass is 10.0. The van der Waals surface area contributed by atoms with Crippen molar-refractivity contribution >= 4 is 22.9 Å². The van der Waals surface area contributed by atoms with E-state index in [9.17, 15) is 4.79 Å². The van der Waals surface area contributed by atoms with Crippen molar-refractivity contribution in [2.45, 2.75) is 40.2 Å². The number of anilines is 1. The van der Waals surface area contributed by atoms with Gasteiger partial charge in [0.15, 0.2) is 6.54 Å². The van der Waals surface area contributed by atoms with Crippen LogP contribution in [-0.4, -0.2) is 24.5 Å². The molecule has 29 heavy (non-hydrogen) atoms. The summed E-state index contributed by atoms with van der Waals surface area (Å²) in [4.78, 5) is 18.4. The van der Waals surface area contributed by atoms with Crippen molar-refractivity contribution < 1.29 is 9.69 Å². The Labute approximate surface area is 177 Å². The predicted molar refractivity (Wildman–Crippen MR) is 122 cm³/mol. The molecule has 1 atom stereocenters. The van der Waals surface area contributed by atoms with E-state index in [4.69, 9.17) is 4.98 Å². The number of para-hydroxylation sites is 1. The number of rotatable bonds is 7. The molecule has 0 spiro atoms. The van der Waals surface area contributed by atoms with Gasteiger partial charge in [-0.2, -0.15) is 0 Å². The van der Waals surface area contributed by atoms with Crippen LogP contribution in [0.3, 0.4) is 0 Å². The molecule has 3 rings (SSSR count). The lowest BCUT2D eigenvalue weighted by Crippen LogP contribution is -3.08. The van der Waals surface area contributed by atoms with E-state index in [2.05, 4.69) is 48.8 Å². The molecule has 0 aliphatic rings. The van der Waals surface area contributed by atoms with Crippen LogP contribution in [0, 0.1) is 13.8 Å². The summed E-state index contributed by atoms with van der Waals surface area (Å²) in [5.74, 6) is 0.558. The van der Waals surface area contributed by atoms with Crippen LogP contribution in [0.25, 0.3) is 10.6 Å². The lowest BCUT2D eigenvalue weighted by Gasteiger charge is -2.15. The van der Waals surface area contributed by atoms with Gasteiger partial charge in [-0.05, 0) is 36.5 Å². The molecule has 3 aromatic rings. The molecule has 0 fully saturated rings. The van der Waals surface area contributed by atoms with Crippen molar-refractivity contribution in [1.82, 2.24) is 4.98 Å². The van der Waals surface area contributed by atoms with Gasteiger partial charge < -0.3 is 10.2 Å². The average molecular weight is 409 g/mol. The van der Waals surface area contributed by atoms with Gasteiger partial charge in [0.05, 0.1) is 7.05 Å².